The highest BCUT2D eigenvalue weighted by atomic mass is 15.2. The summed E-state index contributed by atoms with van der Waals surface area (Å²) >= 11 is 0. The summed E-state index contributed by atoms with van der Waals surface area (Å²) in [5.74, 6) is 0. The van der Waals surface area contributed by atoms with Crippen LogP contribution in [-0.2, 0) is 0 Å². The molecule has 0 amide bonds. The lowest BCUT2D eigenvalue weighted by molar-refractivity contribution is 0.0786. The number of rotatable bonds is 5. The Labute approximate surface area is 89.9 Å². The standard InChI is InChI=1S/C12H28N2/c1-7-12(8-2,9-13)14(6)10-11(3,4)5/h7-10,13H2,1-6H3. The molecule has 2 heteroatoms. The largest absolute Gasteiger partial charge is 0.329 e. The van der Waals surface area contributed by atoms with Crippen LogP contribution in [0.25, 0.3) is 0 Å². The Morgan fingerprint density at radius 2 is 1.50 bits per heavy atom. The molecule has 0 aliphatic rings. The third-order valence-corrected chi connectivity index (χ3v) is 3.22. The molecule has 0 saturated carbocycles. The smallest absolute Gasteiger partial charge is 0.0323 e. The molecule has 2 N–H and O–H groups in total. The Morgan fingerprint density at radius 1 is 1.07 bits per heavy atom. The zero-order valence-electron chi connectivity index (χ0n) is 10.9. The van der Waals surface area contributed by atoms with E-state index in [1.807, 2.05) is 0 Å². The van der Waals surface area contributed by atoms with Crippen molar-refractivity contribution in [2.75, 3.05) is 20.1 Å². The van der Waals surface area contributed by atoms with Gasteiger partial charge in [0.1, 0.15) is 0 Å². The summed E-state index contributed by atoms with van der Waals surface area (Å²) in [6.07, 6.45) is 2.26. The van der Waals surface area contributed by atoms with Gasteiger partial charge >= 0.3 is 0 Å². The Morgan fingerprint density at radius 3 is 1.71 bits per heavy atom. The third-order valence-electron chi connectivity index (χ3n) is 3.22. The average molecular weight is 200 g/mol. The maximum atomic E-state index is 5.91. The molecule has 14 heavy (non-hydrogen) atoms. The van der Waals surface area contributed by atoms with Crippen molar-refractivity contribution in [1.82, 2.24) is 4.90 Å². The summed E-state index contributed by atoms with van der Waals surface area (Å²) in [6, 6.07) is 0. The maximum absolute atomic E-state index is 5.91. The fraction of sp³-hybridized carbons (Fsp3) is 1.00. The second kappa shape index (κ2) is 5.13. The summed E-state index contributed by atoms with van der Waals surface area (Å²) < 4.78 is 0. The molecule has 0 unspecified atom stereocenters. The van der Waals surface area contributed by atoms with Gasteiger partial charge in [-0.3, -0.25) is 4.90 Å². The minimum atomic E-state index is 0.202. The van der Waals surface area contributed by atoms with Crippen LogP contribution in [0.1, 0.15) is 47.5 Å². The van der Waals surface area contributed by atoms with Crippen LogP contribution in [0.2, 0.25) is 0 Å². The molecule has 0 rings (SSSR count). The minimum Gasteiger partial charge on any atom is -0.329 e. The van der Waals surface area contributed by atoms with Crippen LogP contribution >= 0.6 is 0 Å². The molecule has 0 radical (unpaired) electrons. The van der Waals surface area contributed by atoms with E-state index in [2.05, 4.69) is 46.6 Å². The molecule has 0 aromatic carbocycles. The lowest BCUT2D eigenvalue weighted by atomic mass is 9.87. The van der Waals surface area contributed by atoms with Gasteiger partial charge in [0.15, 0.2) is 0 Å². The van der Waals surface area contributed by atoms with Crippen molar-refractivity contribution >= 4 is 0 Å². The van der Waals surface area contributed by atoms with Crippen LogP contribution in [0.15, 0.2) is 0 Å². The summed E-state index contributed by atoms with van der Waals surface area (Å²) in [5, 5.41) is 0. The second-order valence-corrected chi connectivity index (χ2v) is 5.55. The summed E-state index contributed by atoms with van der Waals surface area (Å²) in [4.78, 5) is 2.44. The quantitative estimate of drug-likeness (QED) is 0.739. The third kappa shape index (κ3) is 3.58. The molecule has 0 aliphatic carbocycles. The number of likely N-dealkylation sites (N-methyl/N-ethyl adjacent to an activating group) is 1. The van der Waals surface area contributed by atoms with Crippen LogP contribution in [0, 0.1) is 5.41 Å². The lowest BCUT2D eigenvalue weighted by Crippen LogP contribution is -2.53. The number of hydrogen-bond acceptors (Lipinski definition) is 2. The SMILES string of the molecule is CCC(CC)(CN)N(C)CC(C)(C)C. The molecule has 2 nitrogen and oxygen atoms in total. The molecule has 0 aromatic heterocycles. The van der Waals surface area contributed by atoms with Gasteiger partial charge < -0.3 is 5.73 Å². The molecule has 0 saturated heterocycles. The predicted octanol–water partition coefficient (Wildman–Crippen LogP) is 2.48. The molecule has 0 bridgehead atoms. The summed E-state index contributed by atoms with van der Waals surface area (Å²) in [5.41, 5.74) is 6.46. The molecule has 0 atom stereocenters. The Bertz CT molecular complexity index is 146. The van der Waals surface area contributed by atoms with Crippen molar-refractivity contribution < 1.29 is 0 Å². The van der Waals surface area contributed by atoms with E-state index >= 15 is 0 Å². The average Bonchev–Trinajstić information content (AvgIpc) is 2.05. The van der Waals surface area contributed by atoms with Crippen LogP contribution in [-0.4, -0.2) is 30.6 Å². The monoisotopic (exact) mass is 200 g/mol. The van der Waals surface area contributed by atoms with E-state index in [9.17, 15) is 0 Å². The first-order chi connectivity index (χ1) is 6.31. The molecule has 0 aliphatic heterocycles. The number of hydrogen-bond donors (Lipinski definition) is 1. The van der Waals surface area contributed by atoms with E-state index < -0.39 is 0 Å². The van der Waals surface area contributed by atoms with E-state index in [1.165, 1.54) is 0 Å². The van der Waals surface area contributed by atoms with E-state index in [1.54, 1.807) is 0 Å². The highest BCUT2D eigenvalue weighted by Crippen LogP contribution is 2.25. The molecule has 86 valence electrons. The highest BCUT2D eigenvalue weighted by Gasteiger charge is 2.31. The van der Waals surface area contributed by atoms with Crippen molar-refractivity contribution in [3.63, 3.8) is 0 Å². The summed E-state index contributed by atoms with van der Waals surface area (Å²) in [7, 11) is 2.20. The molecule has 0 spiro atoms. The predicted molar refractivity (Wildman–Crippen MR) is 64.5 cm³/mol. The van der Waals surface area contributed by atoms with E-state index in [0.29, 0.717) is 5.41 Å². The number of nitrogens with zero attached hydrogens (tertiary/aromatic N) is 1. The highest BCUT2D eigenvalue weighted by molar-refractivity contribution is 4.89. The second-order valence-electron chi connectivity index (χ2n) is 5.55. The zero-order chi connectivity index (χ0) is 11.4. The van der Waals surface area contributed by atoms with Gasteiger partial charge in [0.05, 0.1) is 0 Å². The van der Waals surface area contributed by atoms with Crippen molar-refractivity contribution in [2.45, 2.75) is 53.0 Å². The molecule has 0 heterocycles. The van der Waals surface area contributed by atoms with Crippen LogP contribution in [0.3, 0.4) is 0 Å². The Balaban J connectivity index is 4.52. The lowest BCUT2D eigenvalue weighted by Gasteiger charge is -2.43. The zero-order valence-corrected chi connectivity index (χ0v) is 10.9. The fourth-order valence-electron chi connectivity index (χ4n) is 2.11. The molecular formula is C12H28N2. The summed E-state index contributed by atoms with van der Waals surface area (Å²) in [6.45, 7) is 13.1. The maximum Gasteiger partial charge on any atom is 0.0323 e. The first-order valence-corrected chi connectivity index (χ1v) is 5.72. The number of nitrogens with two attached hydrogens (primary N) is 1. The van der Waals surface area contributed by atoms with E-state index in [4.69, 9.17) is 5.73 Å². The van der Waals surface area contributed by atoms with Crippen LogP contribution in [0.5, 0.6) is 0 Å². The van der Waals surface area contributed by atoms with Crippen molar-refractivity contribution in [2.24, 2.45) is 11.1 Å². The Kier molecular flexibility index (Phi) is 5.10. The molecule has 0 aromatic rings. The van der Waals surface area contributed by atoms with E-state index in [0.717, 1.165) is 25.9 Å². The topological polar surface area (TPSA) is 29.3 Å². The van der Waals surface area contributed by atoms with Gasteiger partial charge in [0, 0.05) is 18.6 Å². The first-order valence-electron chi connectivity index (χ1n) is 5.72. The van der Waals surface area contributed by atoms with Crippen molar-refractivity contribution in [1.29, 1.82) is 0 Å². The minimum absolute atomic E-state index is 0.202. The first kappa shape index (κ1) is 13.9. The Hall–Kier alpha value is -0.0800. The van der Waals surface area contributed by atoms with Crippen LogP contribution in [0.4, 0.5) is 0 Å². The van der Waals surface area contributed by atoms with Gasteiger partial charge in [-0.1, -0.05) is 34.6 Å². The van der Waals surface area contributed by atoms with Crippen molar-refractivity contribution in [3.05, 3.63) is 0 Å². The van der Waals surface area contributed by atoms with Gasteiger partial charge in [-0.25, -0.2) is 0 Å². The van der Waals surface area contributed by atoms with Gasteiger partial charge in [-0.2, -0.15) is 0 Å². The molecular weight excluding hydrogens is 172 g/mol. The van der Waals surface area contributed by atoms with E-state index in [-0.39, 0.29) is 5.54 Å². The van der Waals surface area contributed by atoms with Gasteiger partial charge in [-0.05, 0) is 25.3 Å². The van der Waals surface area contributed by atoms with Crippen LogP contribution < -0.4 is 5.73 Å². The van der Waals surface area contributed by atoms with Gasteiger partial charge in [-0.15, -0.1) is 0 Å². The van der Waals surface area contributed by atoms with Gasteiger partial charge in [0.25, 0.3) is 0 Å². The molecule has 0 fully saturated rings. The van der Waals surface area contributed by atoms with Crippen molar-refractivity contribution in [3.8, 4) is 0 Å². The van der Waals surface area contributed by atoms with Gasteiger partial charge in [0.2, 0.25) is 0 Å². The fourth-order valence-corrected chi connectivity index (χ4v) is 2.11. The normalized spacial score (nSPS) is 13.7.